The molecule has 0 saturated carbocycles. The van der Waals surface area contributed by atoms with Crippen molar-refractivity contribution < 1.29 is 14.2 Å². The average molecular weight is 402 g/mol. The van der Waals surface area contributed by atoms with E-state index in [-0.39, 0.29) is 6.29 Å². The van der Waals surface area contributed by atoms with Crippen LogP contribution >= 0.6 is 23.1 Å². The fourth-order valence-corrected chi connectivity index (χ4v) is 4.46. The minimum absolute atomic E-state index is 0.146. The number of benzene rings is 1. The first-order valence-corrected chi connectivity index (χ1v) is 10.3. The number of thioether (sulfide) groups is 1. The van der Waals surface area contributed by atoms with Crippen molar-refractivity contribution in [3.63, 3.8) is 0 Å². The van der Waals surface area contributed by atoms with Crippen molar-refractivity contribution in [1.82, 2.24) is 15.2 Å². The minimum atomic E-state index is -0.146. The van der Waals surface area contributed by atoms with Gasteiger partial charge in [0.1, 0.15) is 21.5 Å². The summed E-state index contributed by atoms with van der Waals surface area (Å²) in [6, 6.07) is 11.9. The summed E-state index contributed by atoms with van der Waals surface area (Å²) in [4.78, 5) is 5.73. The van der Waals surface area contributed by atoms with Crippen molar-refractivity contribution in [1.29, 1.82) is 0 Å². The maximum atomic E-state index is 5.44. The molecule has 0 radical (unpaired) electrons. The Hall–Kier alpha value is -2.00. The number of thiazole rings is 1. The van der Waals surface area contributed by atoms with Gasteiger partial charge in [-0.2, -0.15) is 0 Å². The third kappa shape index (κ3) is 4.30. The number of nitrogens with zero attached hydrogens (tertiary/aromatic N) is 3. The van der Waals surface area contributed by atoms with Gasteiger partial charge < -0.3 is 14.2 Å². The molecule has 1 fully saturated rings. The van der Waals surface area contributed by atoms with Gasteiger partial charge in [-0.25, -0.2) is 4.98 Å². The molecule has 0 atom stereocenters. The van der Waals surface area contributed by atoms with Gasteiger partial charge in [0.15, 0.2) is 6.29 Å². The van der Waals surface area contributed by atoms with Crippen LogP contribution in [0.3, 0.4) is 0 Å². The molecule has 140 valence electrons. The molecule has 3 heterocycles. The summed E-state index contributed by atoms with van der Waals surface area (Å²) in [5, 5.41) is 10.5. The van der Waals surface area contributed by atoms with Crippen molar-refractivity contribution in [3.05, 3.63) is 42.1 Å². The maximum Gasteiger partial charge on any atom is 0.167 e. The number of aromatic nitrogens is 3. The summed E-state index contributed by atoms with van der Waals surface area (Å²) in [5.41, 5.74) is 2.85. The Labute approximate surface area is 165 Å². The quantitative estimate of drug-likeness (QED) is 0.577. The second kappa shape index (κ2) is 8.35. The molecule has 3 aromatic rings. The predicted octanol–water partition coefficient (Wildman–Crippen LogP) is 4.05. The van der Waals surface area contributed by atoms with E-state index >= 15 is 0 Å². The zero-order valence-corrected chi connectivity index (χ0v) is 16.7. The zero-order chi connectivity index (χ0) is 18.6. The molecule has 8 heteroatoms. The number of ether oxygens (including phenoxy) is 3. The van der Waals surface area contributed by atoms with E-state index in [0.717, 1.165) is 43.4 Å². The number of hydrogen-bond acceptors (Lipinski definition) is 8. The lowest BCUT2D eigenvalue weighted by atomic mass is 10.2. The van der Waals surface area contributed by atoms with Crippen LogP contribution in [-0.4, -0.2) is 47.5 Å². The molecule has 1 aliphatic rings. The SMILES string of the molecule is COc1ccc(-c2nc(C)c(-c3ccc(SCC4OCCO4)nn3)s2)cc1. The Morgan fingerprint density at radius 1 is 1.11 bits per heavy atom. The molecule has 6 nitrogen and oxygen atoms in total. The van der Waals surface area contributed by atoms with Crippen LogP contribution < -0.4 is 4.74 Å². The third-order valence-electron chi connectivity index (χ3n) is 4.06. The van der Waals surface area contributed by atoms with E-state index < -0.39 is 0 Å². The van der Waals surface area contributed by atoms with Crippen molar-refractivity contribution >= 4 is 23.1 Å². The Morgan fingerprint density at radius 2 is 1.89 bits per heavy atom. The van der Waals surface area contributed by atoms with E-state index in [0.29, 0.717) is 13.2 Å². The summed E-state index contributed by atoms with van der Waals surface area (Å²) in [5.74, 6) is 1.55. The second-order valence-electron chi connectivity index (χ2n) is 5.90. The van der Waals surface area contributed by atoms with Crippen molar-refractivity contribution in [2.75, 3.05) is 26.1 Å². The van der Waals surface area contributed by atoms with Gasteiger partial charge in [-0.1, -0.05) is 11.8 Å². The lowest BCUT2D eigenvalue weighted by molar-refractivity contribution is -0.0214. The summed E-state index contributed by atoms with van der Waals surface area (Å²) in [6.45, 7) is 3.33. The smallest absolute Gasteiger partial charge is 0.167 e. The molecule has 1 aromatic carbocycles. The maximum absolute atomic E-state index is 5.44. The predicted molar refractivity (Wildman–Crippen MR) is 106 cm³/mol. The van der Waals surface area contributed by atoms with Gasteiger partial charge in [0.25, 0.3) is 0 Å². The van der Waals surface area contributed by atoms with Gasteiger partial charge in [0, 0.05) is 5.56 Å². The van der Waals surface area contributed by atoms with E-state index in [9.17, 15) is 0 Å². The van der Waals surface area contributed by atoms with Gasteiger partial charge in [-0.05, 0) is 43.3 Å². The van der Waals surface area contributed by atoms with Gasteiger partial charge in [0.05, 0.1) is 36.6 Å². The molecule has 1 aliphatic heterocycles. The summed E-state index contributed by atoms with van der Waals surface area (Å²) >= 11 is 3.20. The third-order valence-corrected chi connectivity index (χ3v) is 6.25. The standard InChI is InChI=1S/C19H19N3O3S2/c1-12-18(27-19(20-12)13-3-5-14(23-2)6-4-13)15-7-8-16(22-21-15)26-11-17-24-9-10-25-17/h3-8,17H,9-11H2,1-2H3. The van der Waals surface area contributed by atoms with E-state index in [1.54, 1.807) is 30.2 Å². The van der Waals surface area contributed by atoms with Crippen LogP contribution in [0.15, 0.2) is 41.4 Å². The first-order chi connectivity index (χ1) is 13.2. The Bertz CT molecular complexity index is 892. The lowest BCUT2D eigenvalue weighted by Crippen LogP contribution is -2.10. The highest BCUT2D eigenvalue weighted by Crippen LogP contribution is 2.35. The number of rotatable bonds is 6. The molecule has 27 heavy (non-hydrogen) atoms. The van der Waals surface area contributed by atoms with Crippen LogP contribution in [0.2, 0.25) is 0 Å². The van der Waals surface area contributed by atoms with Gasteiger partial charge >= 0.3 is 0 Å². The van der Waals surface area contributed by atoms with Crippen molar-refractivity contribution in [2.45, 2.75) is 18.2 Å². The highest BCUT2D eigenvalue weighted by Gasteiger charge is 2.17. The Balaban J connectivity index is 1.48. The summed E-state index contributed by atoms with van der Waals surface area (Å²) in [6.07, 6.45) is -0.146. The largest absolute Gasteiger partial charge is 0.497 e. The van der Waals surface area contributed by atoms with Crippen molar-refractivity contribution in [3.8, 4) is 26.9 Å². The molecular weight excluding hydrogens is 382 g/mol. The molecule has 0 spiro atoms. The van der Waals surface area contributed by atoms with E-state index in [2.05, 4.69) is 10.2 Å². The normalized spacial score (nSPS) is 14.6. The fraction of sp³-hybridized carbons (Fsp3) is 0.316. The molecule has 4 rings (SSSR count). The lowest BCUT2D eigenvalue weighted by Gasteiger charge is -2.07. The fourth-order valence-electron chi connectivity index (χ4n) is 2.67. The topological polar surface area (TPSA) is 66.4 Å². The van der Waals surface area contributed by atoms with Crippen LogP contribution in [0.25, 0.3) is 21.1 Å². The minimum Gasteiger partial charge on any atom is -0.497 e. The highest BCUT2D eigenvalue weighted by atomic mass is 32.2. The Morgan fingerprint density at radius 3 is 2.56 bits per heavy atom. The zero-order valence-electron chi connectivity index (χ0n) is 15.0. The number of aryl methyl sites for hydroxylation is 1. The van der Waals surface area contributed by atoms with Gasteiger partial charge in [-0.3, -0.25) is 0 Å². The van der Waals surface area contributed by atoms with Crippen LogP contribution in [-0.2, 0) is 9.47 Å². The molecule has 0 amide bonds. The molecule has 2 aromatic heterocycles. The number of methoxy groups -OCH3 is 1. The van der Waals surface area contributed by atoms with Gasteiger partial charge in [-0.15, -0.1) is 21.5 Å². The van der Waals surface area contributed by atoms with E-state index in [1.807, 2.05) is 43.3 Å². The molecule has 0 bridgehead atoms. The van der Waals surface area contributed by atoms with Gasteiger partial charge in [0.2, 0.25) is 0 Å². The molecule has 1 saturated heterocycles. The van der Waals surface area contributed by atoms with Crippen molar-refractivity contribution in [2.24, 2.45) is 0 Å². The van der Waals surface area contributed by atoms with E-state index in [4.69, 9.17) is 19.2 Å². The molecular formula is C19H19N3O3S2. The molecule has 0 unspecified atom stereocenters. The summed E-state index contributed by atoms with van der Waals surface area (Å²) in [7, 11) is 1.66. The monoisotopic (exact) mass is 401 g/mol. The number of hydrogen-bond donors (Lipinski definition) is 0. The van der Waals surface area contributed by atoms with Crippen LogP contribution in [0.1, 0.15) is 5.69 Å². The summed E-state index contributed by atoms with van der Waals surface area (Å²) < 4.78 is 16.1. The second-order valence-corrected chi connectivity index (χ2v) is 7.94. The van der Waals surface area contributed by atoms with E-state index in [1.165, 1.54) is 0 Å². The molecule has 0 aliphatic carbocycles. The van der Waals surface area contributed by atoms with Crippen LogP contribution in [0, 0.1) is 6.92 Å². The van der Waals surface area contributed by atoms with Crippen LogP contribution in [0.5, 0.6) is 5.75 Å². The average Bonchev–Trinajstić information content (AvgIpc) is 3.37. The first-order valence-electron chi connectivity index (χ1n) is 8.55. The Kier molecular flexibility index (Phi) is 5.68. The molecule has 0 N–H and O–H groups in total. The highest BCUT2D eigenvalue weighted by molar-refractivity contribution is 7.99. The first kappa shape index (κ1) is 18.4. The van der Waals surface area contributed by atoms with Crippen LogP contribution in [0.4, 0.5) is 0 Å².